The van der Waals surface area contributed by atoms with E-state index in [2.05, 4.69) is 5.32 Å². The molecule has 2 aromatic rings. The molecule has 0 aliphatic heterocycles. The quantitative estimate of drug-likeness (QED) is 0.852. The maximum Gasteiger partial charge on any atom is 0.252 e. The summed E-state index contributed by atoms with van der Waals surface area (Å²) in [5, 5.41) is 3.06. The second-order valence-corrected chi connectivity index (χ2v) is 5.85. The fourth-order valence-corrected chi connectivity index (χ4v) is 2.46. The molecule has 2 rings (SSSR count). The van der Waals surface area contributed by atoms with Crippen LogP contribution >= 0.6 is 0 Å². The summed E-state index contributed by atoms with van der Waals surface area (Å²) in [6.45, 7) is 5.79. The van der Waals surface area contributed by atoms with Crippen LogP contribution in [0.4, 0.5) is 5.69 Å². The zero-order valence-corrected chi connectivity index (χ0v) is 13.4. The highest BCUT2D eigenvalue weighted by atomic mass is 16.5. The SMILES string of the molecule is COc1ccccc1C(C)(C)NC(=O)c1cc(N)ccc1C. The van der Waals surface area contributed by atoms with Gasteiger partial charge in [0.25, 0.3) is 5.91 Å². The Morgan fingerprint density at radius 2 is 1.86 bits per heavy atom. The normalized spacial score (nSPS) is 11.1. The van der Waals surface area contributed by atoms with E-state index in [0.717, 1.165) is 16.9 Å². The summed E-state index contributed by atoms with van der Waals surface area (Å²) in [5.41, 5.74) is 8.19. The van der Waals surface area contributed by atoms with Gasteiger partial charge in [-0.2, -0.15) is 0 Å². The van der Waals surface area contributed by atoms with Crippen LogP contribution in [-0.2, 0) is 5.54 Å². The molecule has 0 unspecified atom stereocenters. The molecule has 22 heavy (non-hydrogen) atoms. The van der Waals surface area contributed by atoms with Crippen molar-refractivity contribution in [2.45, 2.75) is 26.3 Å². The van der Waals surface area contributed by atoms with Gasteiger partial charge in [-0.25, -0.2) is 0 Å². The van der Waals surface area contributed by atoms with Crippen LogP contribution in [0.15, 0.2) is 42.5 Å². The third-order valence-electron chi connectivity index (χ3n) is 3.71. The van der Waals surface area contributed by atoms with Crippen LogP contribution in [0.5, 0.6) is 5.75 Å². The second kappa shape index (κ2) is 6.10. The van der Waals surface area contributed by atoms with Crippen LogP contribution in [0, 0.1) is 6.92 Å². The number of para-hydroxylation sites is 1. The minimum absolute atomic E-state index is 0.152. The lowest BCUT2D eigenvalue weighted by Gasteiger charge is -2.29. The Bertz CT molecular complexity index is 693. The molecule has 0 saturated carbocycles. The van der Waals surface area contributed by atoms with Gasteiger partial charge in [-0.05, 0) is 44.5 Å². The van der Waals surface area contributed by atoms with Gasteiger partial charge in [-0.3, -0.25) is 4.79 Å². The van der Waals surface area contributed by atoms with E-state index in [9.17, 15) is 4.79 Å². The molecule has 0 atom stereocenters. The van der Waals surface area contributed by atoms with Gasteiger partial charge < -0.3 is 15.8 Å². The van der Waals surface area contributed by atoms with E-state index in [4.69, 9.17) is 10.5 Å². The summed E-state index contributed by atoms with van der Waals surface area (Å²) in [5.74, 6) is 0.595. The Morgan fingerprint density at radius 3 is 2.55 bits per heavy atom. The minimum atomic E-state index is -0.569. The molecule has 1 amide bonds. The van der Waals surface area contributed by atoms with E-state index < -0.39 is 5.54 Å². The third-order valence-corrected chi connectivity index (χ3v) is 3.71. The molecule has 0 aliphatic rings. The van der Waals surface area contributed by atoms with E-state index in [1.54, 1.807) is 19.2 Å². The van der Waals surface area contributed by atoms with Crippen LogP contribution in [0.2, 0.25) is 0 Å². The van der Waals surface area contributed by atoms with E-state index >= 15 is 0 Å². The van der Waals surface area contributed by atoms with Gasteiger partial charge in [0.1, 0.15) is 5.75 Å². The van der Waals surface area contributed by atoms with Crippen molar-refractivity contribution in [3.63, 3.8) is 0 Å². The largest absolute Gasteiger partial charge is 0.496 e. The maximum absolute atomic E-state index is 12.6. The Kier molecular flexibility index (Phi) is 4.40. The van der Waals surface area contributed by atoms with Gasteiger partial charge in [-0.15, -0.1) is 0 Å². The molecule has 116 valence electrons. The zero-order valence-electron chi connectivity index (χ0n) is 13.4. The molecule has 0 bridgehead atoms. The maximum atomic E-state index is 12.6. The molecule has 0 spiro atoms. The molecule has 0 aliphatic carbocycles. The van der Waals surface area contributed by atoms with Gasteiger partial charge in [0.2, 0.25) is 0 Å². The first-order chi connectivity index (χ1) is 10.3. The van der Waals surface area contributed by atoms with Crippen molar-refractivity contribution in [2.75, 3.05) is 12.8 Å². The predicted molar refractivity (Wildman–Crippen MR) is 89.1 cm³/mol. The Labute approximate surface area is 131 Å². The monoisotopic (exact) mass is 298 g/mol. The number of nitrogens with two attached hydrogens (primary N) is 1. The summed E-state index contributed by atoms with van der Waals surface area (Å²) >= 11 is 0. The summed E-state index contributed by atoms with van der Waals surface area (Å²) in [6, 6.07) is 13.0. The van der Waals surface area contributed by atoms with Crippen LogP contribution in [-0.4, -0.2) is 13.0 Å². The number of ether oxygens (including phenoxy) is 1. The summed E-state index contributed by atoms with van der Waals surface area (Å²) in [7, 11) is 1.62. The van der Waals surface area contributed by atoms with Crippen molar-refractivity contribution in [1.29, 1.82) is 0 Å². The number of rotatable bonds is 4. The number of carbonyl (C=O) groups is 1. The molecule has 0 fully saturated rings. The Hall–Kier alpha value is -2.49. The number of anilines is 1. The van der Waals surface area contributed by atoms with Gasteiger partial charge in [0.05, 0.1) is 12.6 Å². The van der Waals surface area contributed by atoms with Crippen LogP contribution < -0.4 is 15.8 Å². The number of carbonyl (C=O) groups excluding carboxylic acids is 1. The van der Waals surface area contributed by atoms with Crippen molar-refractivity contribution < 1.29 is 9.53 Å². The molecule has 4 heteroatoms. The fourth-order valence-electron chi connectivity index (χ4n) is 2.46. The number of methoxy groups -OCH3 is 1. The van der Waals surface area contributed by atoms with Gasteiger partial charge in [-0.1, -0.05) is 24.3 Å². The molecule has 0 heterocycles. The van der Waals surface area contributed by atoms with Gasteiger partial charge >= 0.3 is 0 Å². The number of aryl methyl sites for hydroxylation is 1. The Morgan fingerprint density at radius 1 is 1.18 bits per heavy atom. The van der Waals surface area contributed by atoms with Crippen molar-refractivity contribution >= 4 is 11.6 Å². The van der Waals surface area contributed by atoms with Crippen LogP contribution in [0.25, 0.3) is 0 Å². The summed E-state index contributed by atoms with van der Waals surface area (Å²) < 4.78 is 5.39. The fraction of sp³-hybridized carbons (Fsp3) is 0.278. The van der Waals surface area contributed by atoms with Crippen LogP contribution in [0.1, 0.15) is 35.3 Å². The highest BCUT2D eigenvalue weighted by molar-refractivity contribution is 5.97. The minimum Gasteiger partial charge on any atom is -0.496 e. The second-order valence-electron chi connectivity index (χ2n) is 5.85. The summed E-state index contributed by atoms with van der Waals surface area (Å²) in [6.07, 6.45) is 0. The van der Waals surface area contributed by atoms with Crippen LogP contribution in [0.3, 0.4) is 0 Å². The number of benzene rings is 2. The first-order valence-corrected chi connectivity index (χ1v) is 7.17. The molecule has 0 aromatic heterocycles. The zero-order chi connectivity index (χ0) is 16.3. The van der Waals surface area contributed by atoms with E-state index in [1.165, 1.54) is 0 Å². The van der Waals surface area contributed by atoms with Crippen molar-refractivity contribution in [3.8, 4) is 5.75 Å². The first kappa shape index (κ1) is 15.9. The summed E-state index contributed by atoms with van der Waals surface area (Å²) in [4.78, 5) is 12.6. The highest BCUT2D eigenvalue weighted by Crippen LogP contribution is 2.29. The molecule has 3 N–H and O–H groups in total. The van der Waals surface area contributed by atoms with E-state index in [-0.39, 0.29) is 5.91 Å². The highest BCUT2D eigenvalue weighted by Gasteiger charge is 2.27. The van der Waals surface area contributed by atoms with Crippen molar-refractivity contribution in [1.82, 2.24) is 5.32 Å². The smallest absolute Gasteiger partial charge is 0.252 e. The first-order valence-electron chi connectivity index (χ1n) is 7.17. The van der Waals surface area contributed by atoms with Crippen molar-refractivity contribution in [3.05, 3.63) is 59.2 Å². The molecular weight excluding hydrogens is 276 g/mol. The number of nitrogens with one attached hydrogen (secondary N) is 1. The van der Waals surface area contributed by atoms with Crippen molar-refractivity contribution in [2.24, 2.45) is 0 Å². The molecule has 4 nitrogen and oxygen atoms in total. The average molecular weight is 298 g/mol. The lowest BCUT2D eigenvalue weighted by atomic mass is 9.92. The topological polar surface area (TPSA) is 64.3 Å². The molecular formula is C18H22N2O2. The molecule has 0 saturated heterocycles. The lowest BCUT2D eigenvalue weighted by Crippen LogP contribution is -2.41. The Balaban J connectivity index is 2.32. The van der Waals surface area contributed by atoms with Gasteiger partial charge in [0.15, 0.2) is 0 Å². The molecule has 0 radical (unpaired) electrons. The van der Waals surface area contributed by atoms with Gasteiger partial charge in [0, 0.05) is 16.8 Å². The predicted octanol–water partition coefficient (Wildman–Crippen LogP) is 3.25. The number of hydrogen-bond acceptors (Lipinski definition) is 3. The lowest BCUT2D eigenvalue weighted by molar-refractivity contribution is 0.0910. The molecule has 2 aromatic carbocycles. The third kappa shape index (κ3) is 3.22. The van der Waals surface area contributed by atoms with E-state index in [0.29, 0.717) is 11.3 Å². The number of hydrogen-bond donors (Lipinski definition) is 2. The number of amides is 1. The standard InChI is InChI=1S/C18H22N2O2/c1-12-9-10-13(19)11-14(12)17(21)20-18(2,3)15-7-5-6-8-16(15)22-4/h5-11H,19H2,1-4H3,(H,20,21). The number of nitrogen functional groups attached to an aromatic ring is 1. The van der Waals surface area contributed by atoms with E-state index in [1.807, 2.05) is 51.1 Å². The average Bonchev–Trinajstić information content (AvgIpc) is 2.49.